The molecule has 2 aliphatic rings. The molecular weight excluding hydrogens is 320 g/mol. The molecule has 3 heterocycles. The number of morpholine rings is 1. The summed E-state index contributed by atoms with van der Waals surface area (Å²) in [5, 5.41) is 10.9. The van der Waals surface area contributed by atoms with E-state index in [0.29, 0.717) is 44.8 Å². The number of nitrogens with zero attached hydrogens (tertiary/aromatic N) is 3. The zero-order valence-corrected chi connectivity index (χ0v) is 14.5. The third-order valence-electron chi connectivity index (χ3n) is 5.09. The summed E-state index contributed by atoms with van der Waals surface area (Å²) in [5.74, 6) is 0.799. The van der Waals surface area contributed by atoms with Crippen molar-refractivity contribution in [3.63, 3.8) is 0 Å². The fraction of sp³-hybridized carbons (Fsp3) is 0.556. The molecule has 1 aromatic carbocycles. The Bertz CT molecular complexity index is 784. The summed E-state index contributed by atoms with van der Waals surface area (Å²) in [6.45, 7) is 6.55. The van der Waals surface area contributed by atoms with E-state index in [1.165, 1.54) is 0 Å². The number of fused-ring (bicyclic) bond motifs is 1. The Morgan fingerprint density at radius 3 is 2.96 bits per heavy atom. The Morgan fingerprint density at radius 1 is 1.36 bits per heavy atom. The van der Waals surface area contributed by atoms with E-state index in [4.69, 9.17) is 4.74 Å². The molecule has 1 unspecified atom stereocenters. The van der Waals surface area contributed by atoms with Crippen LogP contribution in [0.1, 0.15) is 22.6 Å². The van der Waals surface area contributed by atoms with Gasteiger partial charge in [-0.15, -0.1) is 0 Å². The number of aryl methyl sites for hydroxylation is 1. The number of H-pyrrole nitrogens is 1. The van der Waals surface area contributed by atoms with Crippen LogP contribution in [0, 0.1) is 6.92 Å². The van der Waals surface area contributed by atoms with Crippen LogP contribution in [-0.4, -0.2) is 82.3 Å². The number of likely N-dealkylation sites (tertiary alicyclic amines) is 1. The number of rotatable bonds is 3. The molecule has 7 nitrogen and oxygen atoms in total. The van der Waals surface area contributed by atoms with Crippen LogP contribution in [-0.2, 0) is 4.74 Å². The second kappa shape index (κ2) is 6.40. The number of aromatic nitrogens is 2. The predicted octanol–water partition coefficient (Wildman–Crippen LogP) is 0.781. The highest BCUT2D eigenvalue weighted by atomic mass is 16.5. The number of β-amino-alcohol motifs (C(OH)–C–C–N with tert-alkyl or cyclic N) is 1. The Balaban J connectivity index is 1.45. The van der Waals surface area contributed by atoms with Crippen molar-refractivity contribution < 1.29 is 14.6 Å². The minimum Gasteiger partial charge on any atom is -0.387 e. The minimum atomic E-state index is -0.832. The number of imidazole rings is 1. The lowest BCUT2D eigenvalue weighted by atomic mass is 10.0. The molecule has 0 aliphatic carbocycles. The fourth-order valence-electron chi connectivity index (χ4n) is 3.79. The van der Waals surface area contributed by atoms with Crippen molar-refractivity contribution in [2.24, 2.45) is 0 Å². The maximum absolute atomic E-state index is 12.8. The van der Waals surface area contributed by atoms with Gasteiger partial charge >= 0.3 is 0 Å². The predicted molar refractivity (Wildman–Crippen MR) is 93.6 cm³/mol. The van der Waals surface area contributed by atoms with E-state index in [0.717, 1.165) is 29.9 Å². The van der Waals surface area contributed by atoms with Crippen molar-refractivity contribution in [2.45, 2.75) is 18.9 Å². The molecule has 0 radical (unpaired) electrons. The number of hydrogen-bond acceptors (Lipinski definition) is 5. The topological polar surface area (TPSA) is 81.7 Å². The Kier molecular flexibility index (Phi) is 4.23. The summed E-state index contributed by atoms with van der Waals surface area (Å²) in [6.07, 6.45) is 0.613. The smallest absolute Gasteiger partial charge is 0.254 e. The number of benzene rings is 1. The van der Waals surface area contributed by atoms with Gasteiger partial charge in [0.25, 0.3) is 5.91 Å². The minimum absolute atomic E-state index is 0.0351. The van der Waals surface area contributed by atoms with Crippen LogP contribution in [0.2, 0.25) is 0 Å². The van der Waals surface area contributed by atoms with Crippen LogP contribution in [0.4, 0.5) is 0 Å². The molecular formula is C18H24N4O3. The van der Waals surface area contributed by atoms with Gasteiger partial charge in [0.05, 0.1) is 36.4 Å². The van der Waals surface area contributed by atoms with Gasteiger partial charge in [-0.25, -0.2) is 4.98 Å². The summed E-state index contributed by atoms with van der Waals surface area (Å²) in [7, 11) is 0. The Hall–Kier alpha value is -1.96. The van der Waals surface area contributed by atoms with Gasteiger partial charge in [-0.2, -0.15) is 0 Å². The first-order valence-corrected chi connectivity index (χ1v) is 8.81. The molecule has 2 aromatic rings. The van der Waals surface area contributed by atoms with Crippen molar-refractivity contribution in [2.75, 3.05) is 45.9 Å². The molecule has 0 saturated carbocycles. The first-order chi connectivity index (χ1) is 12.0. The normalized spacial score (nSPS) is 25.0. The van der Waals surface area contributed by atoms with Crippen molar-refractivity contribution in [1.29, 1.82) is 0 Å². The van der Waals surface area contributed by atoms with Crippen LogP contribution < -0.4 is 0 Å². The van der Waals surface area contributed by atoms with Gasteiger partial charge in [0.2, 0.25) is 0 Å². The number of nitrogens with one attached hydrogen (secondary N) is 1. The lowest BCUT2D eigenvalue weighted by Gasteiger charge is -2.33. The summed E-state index contributed by atoms with van der Waals surface area (Å²) in [6, 6.07) is 5.52. The van der Waals surface area contributed by atoms with E-state index in [2.05, 4.69) is 14.9 Å². The lowest BCUT2D eigenvalue weighted by Crippen LogP contribution is -2.49. The number of carbonyl (C=O) groups is 1. The van der Waals surface area contributed by atoms with Crippen molar-refractivity contribution >= 4 is 16.9 Å². The van der Waals surface area contributed by atoms with Gasteiger partial charge in [-0.05, 0) is 31.5 Å². The van der Waals surface area contributed by atoms with Crippen molar-refractivity contribution in [3.05, 3.63) is 29.6 Å². The average Bonchev–Trinajstić information content (AvgIpc) is 3.16. The first kappa shape index (κ1) is 16.5. The summed E-state index contributed by atoms with van der Waals surface area (Å²) in [4.78, 5) is 24.3. The highest BCUT2D eigenvalue weighted by Crippen LogP contribution is 2.25. The standard InChI is InChI=1S/C18H24N4O3/c1-13-19-15-3-2-14(10-16(15)20-13)17(23)22-5-4-18(24,12-22)11-21-6-8-25-9-7-21/h2-3,10,24H,4-9,11-12H2,1H3,(H,19,20). The Morgan fingerprint density at radius 2 is 2.16 bits per heavy atom. The molecule has 2 fully saturated rings. The number of amides is 1. The molecule has 2 N–H and O–H groups in total. The SMILES string of the molecule is Cc1nc2ccc(C(=O)N3CCC(O)(CN4CCOCC4)C3)cc2[nH]1. The van der Waals surface area contributed by atoms with Gasteiger partial charge in [-0.3, -0.25) is 9.69 Å². The van der Waals surface area contributed by atoms with Crippen LogP contribution in [0.3, 0.4) is 0 Å². The van der Waals surface area contributed by atoms with Crippen LogP contribution in [0.25, 0.3) is 11.0 Å². The number of carbonyl (C=O) groups excluding carboxylic acids is 1. The number of aliphatic hydroxyl groups is 1. The first-order valence-electron chi connectivity index (χ1n) is 8.81. The molecule has 1 atom stereocenters. The fourth-order valence-corrected chi connectivity index (χ4v) is 3.79. The van der Waals surface area contributed by atoms with Gasteiger partial charge in [0, 0.05) is 31.7 Å². The number of aromatic amines is 1. The number of hydrogen-bond donors (Lipinski definition) is 2. The second-order valence-corrected chi connectivity index (χ2v) is 7.14. The zero-order chi connectivity index (χ0) is 17.4. The van der Waals surface area contributed by atoms with E-state index >= 15 is 0 Å². The molecule has 1 aromatic heterocycles. The Labute approximate surface area is 146 Å². The highest BCUT2D eigenvalue weighted by molar-refractivity contribution is 5.97. The average molecular weight is 344 g/mol. The monoisotopic (exact) mass is 344 g/mol. The summed E-state index contributed by atoms with van der Waals surface area (Å²) in [5.41, 5.74) is 1.53. The largest absolute Gasteiger partial charge is 0.387 e. The lowest BCUT2D eigenvalue weighted by molar-refractivity contribution is -0.0257. The van der Waals surface area contributed by atoms with Crippen LogP contribution >= 0.6 is 0 Å². The van der Waals surface area contributed by atoms with Gasteiger partial charge < -0.3 is 19.7 Å². The van der Waals surface area contributed by atoms with E-state index in [-0.39, 0.29) is 5.91 Å². The molecule has 25 heavy (non-hydrogen) atoms. The maximum Gasteiger partial charge on any atom is 0.254 e. The van der Waals surface area contributed by atoms with Crippen LogP contribution in [0.5, 0.6) is 0 Å². The van der Waals surface area contributed by atoms with Gasteiger partial charge in [-0.1, -0.05) is 0 Å². The molecule has 0 bridgehead atoms. The van der Waals surface area contributed by atoms with Crippen molar-refractivity contribution in [3.8, 4) is 0 Å². The van der Waals surface area contributed by atoms with E-state index in [1.807, 2.05) is 25.1 Å². The quantitative estimate of drug-likeness (QED) is 0.860. The summed E-state index contributed by atoms with van der Waals surface area (Å²) >= 11 is 0. The molecule has 2 aliphatic heterocycles. The third-order valence-corrected chi connectivity index (χ3v) is 5.09. The zero-order valence-electron chi connectivity index (χ0n) is 14.5. The van der Waals surface area contributed by atoms with Crippen molar-refractivity contribution in [1.82, 2.24) is 19.8 Å². The molecule has 1 amide bonds. The molecule has 134 valence electrons. The van der Waals surface area contributed by atoms with Crippen LogP contribution in [0.15, 0.2) is 18.2 Å². The van der Waals surface area contributed by atoms with E-state index < -0.39 is 5.60 Å². The molecule has 2 saturated heterocycles. The molecule has 4 rings (SSSR count). The van der Waals surface area contributed by atoms with Gasteiger partial charge in [0.1, 0.15) is 5.82 Å². The van der Waals surface area contributed by atoms with E-state index in [9.17, 15) is 9.90 Å². The molecule has 0 spiro atoms. The van der Waals surface area contributed by atoms with Gasteiger partial charge in [0.15, 0.2) is 0 Å². The van der Waals surface area contributed by atoms with E-state index in [1.54, 1.807) is 4.90 Å². The highest BCUT2D eigenvalue weighted by Gasteiger charge is 2.39. The summed E-state index contributed by atoms with van der Waals surface area (Å²) < 4.78 is 5.36. The third kappa shape index (κ3) is 3.40. The molecule has 7 heteroatoms. The second-order valence-electron chi connectivity index (χ2n) is 7.14. The maximum atomic E-state index is 12.8. The number of ether oxygens (including phenoxy) is 1.